The molecule has 10 heteroatoms. The van der Waals surface area contributed by atoms with Crippen LogP contribution < -0.4 is 10.6 Å². The lowest BCUT2D eigenvalue weighted by Crippen LogP contribution is -2.47. The number of Topliss-reactive ketones (excluding diaryl/α,β-unsaturated/α-hetero) is 1. The molecule has 0 spiro atoms. The van der Waals surface area contributed by atoms with Crippen molar-refractivity contribution >= 4 is 17.6 Å². The van der Waals surface area contributed by atoms with Crippen molar-refractivity contribution in [2.45, 2.75) is 46.3 Å². The normalized spacial score (nSPS) is 12.4. The SMILES string of the molecule is CCCNC(=O)C(C)NC(=O)C(=O)c1c(C)nn(-c2cccc(C(F)(F)F)c2)c1C. The molecule has 1 atom stereocenters. The lowest BCUT2D eigenvalue weighted by Gasteiger charge is -2.13. The molecule has 0 bridgehead atoms. The number of nitrogens with one attached hydrogen (secondary N) is 2. The van der Waals surface area contributed by atoms with E-state index in [0.29, 0.717) is 6.54 Å². The Morgan fingerprint density at radius 3 is 2.47 bits per heavy atom. The number of alkyl halides is 3. The first-order valence-corrected chi connectivity index (χ1v) is 9.34. The second kappa shape index (κ2) is 9.10. The molecular weight excluding hydrogens is 401 g/mol. The topological polar surface area (TPSA) is 93.1 Å². The first kappa shape index (κ1) is 23.1. The highest BCUT2D eigenvalue weighted by atomic mass is 19.4. The molecule has 162 valence electrons. The van der Waals surface area contributed by atoms with Crippen molar-refractivity contribution < 1.29 is 27.6 Å². The summed E-state index contributed by atoms with van der Waals surface area (Å²) in [6.45, 7) is 6.73. The van der Waals surface area contributed by atoms with E-state index in [4.69, 9.17) is 0 Å². The zero-order chi connectivity index (χ0) is 22.6. The number of halogens is 3. The maximum Gasteiger partial charge on any atom is 0.416 e. The smallest absolute Gasteiger partial charge is 0.354 e. The van der Waals surface area contributed by atoms with Crippen molar-refractivity contribution in [3.8, 4) is 5.69 Å². The second-order valence-corrected chi connectivity index (χ2v) is 6.82. The maximum absolute atomic E-state index is 13.0. The van der Waals surface area contributed by atoms with E-state index >= 15 is 0 Å². The van der Waals surface area contributed by atoms with E-state index in [9.17, 15) is 27.6 Å². The van der Waals surface area contributed by atoms with Gasteiger partial charge in [0.15, 0.2) is 0 Å². The third-order valence-electron chi connectivity index (χ3n) is 4.43. The van der Waals surface area contributed by atoms with E-state index in [2.05, 4.69) is 15.7 Å². The van der Waals surface area contributed by atoms with E-state index < -0.39 is 35.4 Å². The third-order valence-corrected chi connectivity index (χ3v) is 4.43. The van der Waals surface area contributed by atoms with Gasteiger partial charge in [0.25, 0.3) is 11.7 Å². The first-order chi connectivity index (χ1) is 14.0. The van der Waals surface area contributed by atoms with Gasteiger partial charge in [0.05, 0.1) is 28.2 Å². The van der Waals surface area contributed by atoms with Gasteiger partial charge in [-0.3, -0.25) is 14.4 Å². The van der Waals surface area contributed by atoms with Gasteiger partial charge < -0.3 is 10.6 Å². The largest absolute Gasteiger partial charge is 0.416 e. The lowest BCUT2D eigenvalue weighted by atomic mass is 10.1. The van der Waals surface area contributed by atoms with Crippen LogP contribution in [0.1, 0.15) is 47.6 Å². The minimum Gasteiger partial charge on any atom is -0.354 e. The molecule has 1 aromatic heterocycles. The Bertz CT molecular complexity index is 967. The molecule has 2 rings (SSSR count). The van der Waals surface area contributed by atoms with Crippen LogP contribution >= 0.6 is 0 Å². The molecule has 30 heavy (non-hydrogen) atoms. The number of benzene rings is 1. The van der Waals surface area contributed by atoms with Gasteiger partial charge in [-0.1, -0.05) is 13.0 Å². The number of nitrogens with zero attached hydrogens (tertiary/aromatic N) is 2. The van der Waals surface area contributed by atoms with E-state index in [0.717, 1.165) is 18.6 Å². The first-order valence-electron chi connectivity index (χ1n) is 9.34. The van der Waals surface area contributed by atoms with Crippen LogP contribution in [0.4, 0.5) is 13.2 Å². The summed E-state index contributed by atoms with van der Waals surface area (Å²) >= 11 is 0. The zero-order valence-electron chi connectivity index (χ0n) is 17.1. The predicted octanol–water partition coefficient (Wildman–Crippen LogP) is 2.72. The molecule has 0 saturated carbocycles. The van der Waals surface area contributed by atoms with E-state index in [-0.39, 0.29) is 22.6 Å². The van der Waals surface area contributed by atoms with Crippen LogP contribution in [-0.2, 0) is 15.8 Å². The number of aryl methyl sites for hydroxylation is 1. The van der Waals surface area contributed by atoms with Gasteiger partial charge in [-0.15, -0.1) is 0 Å². The van der Waals surface area contributed by atoms with Crippen molar-refractivity contribution in [3.63, 3.8) is 0 Å². The van der Waals surface area contributed by atoms with E-state index in [1.54, 1.807) is 0 Å². The van der Waals surface area contributed by atoms with Crippen LogP contribution in [0.5, 0.6) is 0 Å². The summed E-state index contributed by atoms with van der Waals surface area (Å²) in [6.07, 6.45) is -3.81. The molecule has 0 saturated heterocycles. The van der Waals surface area contributed by atoms with Crippen molar-refractivity contribution in [3.05, 3.63) is 46.8 Å². The summed E-state index contributed by atoms with van der Waals surface area (Å²) in [5.74, 6) is -2.34. The number of rotatable bonds is 7. The molecule has 0 aliphatic carbocycles. The number of carbonyl (C=O) groups excluding carboxylic acids is 3. The van der Waals surface area contributed by atoms with Crippen molar-refractivity contribution in [2.24, 2.45) is 0 Å². The number of aromatic nitrogens is 2. The van der Waals surface area contributed by atoms with Crippen LogP contribution in [0.15, 0.2) is 24.3 Å². The summed E-state index contributed by atoms with van der Waals surface area (Å²) in [5, 5.41) is 9.07. The minimum absolute atomic E-state index is 0.0221. The Labute approximate surface area is 171 Å². The molecule has 0 aliphatic heterocycles. The number of amides is 2. The average Bonchev–Trinajstić information content (AvgIpc) is 2.98. The molecule has 2 aromatic rings. The summed E-state index contributed by atoms with van der Waals surface area (Å²) < 4.78 is 40.2. The summed E-state index contributed by atoms with van der Waals surface area (Å²) in [4.78, 5) is 36.9. The van der Waals surface area contributed by atoms with Crippen LogP contribution in [0, 0.1) is 13.8 Å². The number of hydrogen-bond acceptors (Lipinski definition) is 4. The monoisotopic (exact) mass is 424 g/mol. The highest BCUT2D eigenvalue weighted by Crippen LogP contribution is 2.30. The van der Waals surface area contributed by atoms with Gasteiger partial charge in [0.2, 0.25) is 5.91 Å². The average molecular weight is 424 g/mol. The van der Waals surface area contributed by atoms with Crippen LogP contribution in [0.25, 0.3) is 5.69 Å². The van der Waals surface area contributed by atoms with Crippen molar-refractivity contribution in [2.75, 3.05) is 6.54 Å². The standard InChI is InChI=1S/C20H23F3N4O3/c1-5-9-24-18(29)12(3)25-19(30)17(28)16-11(2)26-27(13(16)4)15-8-6-7-14(10-15)20(21,22)23/h6-8,10,12H,5,9H2,1-4H3,(H,24,29)(H,25,30). The Hall–Kier alpha value is -3.17. The molecule has 0 aliphatic rings. The van der Waals surface area contributed by atoms with Gasteiger partial charge in [-0.05, 0) is 45.4 Å². The summed E-state index contributed by atoms with van der Waals surface area (Å²) in [7, 11) is 0. The zero-order valence-corrected chi connectivity index (χ0v) is 17.1. The number of hydrogen-bond donors (Lipinski definition) is 2. The highest BCUT2D eigenvalue weighted by molar-refractivity contribution is 6.43. The van der Waals surface area contributed by atoms with Crippen molar-refractivity contribution in [1.29, 1.82) is 0 Å². The highest BCUT2D eigenvalue weighted by Gasteiger charge is 2.31. The van der Waals surface area contributed by atoms with E-state index in [1.807, 2.05) is 6.92 Å². The fourth-order valence-electron chi connectivity index (χ4n) is 2.88. The molecular formula is C20H23F3N4O3. The van der Waals surface area contributed by atoms with Gasteiger partial charge in [-0.2, -0.15) is 18.3 Å². The van der Waals surface area contributed by atoms with E-state index in [1.165, 1.54) is 37.6 Å². The molecule has 1 aromatic carbocycles. The van der Waals surface area contributed by atoms with Crippen LogP contribution in [-0.4, -0.2) is 40.0 Å². The van der Waals surface area contributed by atoms with Crippen LogP contribution in [0.2, 0.25) is 0 Å². The Balaban J connectivity index is 2.28. The molecule has 0 fully saturated rings. The molecule has 2 amide bonds. The Morgan fingerprint density at radius 1 is 1.20 bits per heavy atom. The second-order valence-electron chi connectivity index (χ2n) is 6.82. The van der Waals surface area contributed by atoms with Gasteiger partial charge in [-0.25, -0.2) is 4.68 Å². The predicted molar refractivity (Wildman–Crippen MR) is 103 cm³/mol. The lowest BCUT2D eigenvalue weighted by molar-refractivity contribution is -0.137. The number of carbonyl (C=O) groups is 3. The van der Waals surface area contributed by atoms with Crippen molar-refractivity contribution in [1.82, 2.24) is 20.4 Å². The molecule has 1 unspecified atom stereocenters. The maximum atomic E-state index is 13.0. The summed E-state index contributed by atoms with van der Waals surface area (Å²) in [5.41, 5.74) is -0.364. The Morgan fingerprint density at radius 2 is 1.87 bits per heavy atom. The minimum atomic E-state index is -4.53. The summed E-state index contributed by atoms with van der Waals surface area (Å²) in [6, 6.07) is 3.57. The van der Waals surface area contributed by atoms with Crippen LogP contribution in [0.3, 0.4) is 0 Å². The third kappa shape index (κ3) is 5.05. The Kier molecular flexibility index (Phi) is 7.01. The van der Waals surface area contributed by atoms with Gasteiger partial charge >= 0.3 is 6.18 Å². The molecule has 0 radical (unpaired) electrons. The molecule has 2 N–H and O–H groups in total. The fourth-order valence-corrected chi connectivity index (χ4v) is 2.88. The van der Waals surface area contributed by atoms with Gasteiger partial charge in [0, 0.05) is 6.54 Å². The fraction of sp³-hybridized carbons (Fsp3) is 0.400. The molecule has 7 nitrogen and oxygen atoms in total. The van der Waals surface area contributed by atoms with Gasteiger partial charge in [0.1, 0.15) is 6.04 Å². The number of ketones is 1. The quantitative estimate of drug-likeness (QED) is 0.528. The molecule has 1 heterocycles.